The molecule has 3 heteroatoms. The first kappa shape index (κ1) is 15.8. The molecule has 116 valence electrons. The van der Waals surface area contributed by atoms with Gasteiger partial charge in [-0.1, -0.05) is 78.0 Å². The van der Waals surface area contributed by atoms with Gasteiger partial charge in [0.1, 0.15) is 9.79 Å². The average Bonchev–Trinajstić information content (AvgIpc) is 2.87. The van der Waals surface area contributed by atoms with Crippen molar-refractivity contribution in [3.8, 4) is 0 Å². The van der Waals surface area contributed by atoms with Crippen molar-refractivity contribution in [2.45, 2.75) is 24.5 Å². The summed E-state index contributed by atoms with van der Waals surface area (Å²) < 4.78 is -0.651. The van der Waals surface area contributed by atoms with Crippen LogP contribution in [0.25, 0.3) is 0 Å². The number of carbonyl (C=O) groups excluding carboxylic acids is 1. The van der Waals surface area contributed by atoms with Gasteiger partial charge in [0.05, 0.1) is 0 Å². The monoisotopic (exact) mass is 321 g/mol. The third kappa shape index (κ3) is 2.89. The second-order valence-electron chi connectivity index (χ2n) is 5.92. The first-order valence-electron chi connectivity index (χ1n) is 7.61. The Morgan fingerprint density at radius 3 is 2.39 bits per heavy atom. The smallest absolute Gasteiger partial charge is 0.264 e. The lowest BCUT2D eigenvalue weighted by atomic mass is 9.85. The SMILES string of the molecule is C=CC(c1ccc(C)cc1)C1(C)SC(c2ccccc2)=NC1=O. The molecular formula is C20H19NOS. The van der Waals surface area contributed by atoms with Crippen molar-refractivity contribution in [2.24, 2.45) is 4.99 Å². The largest absolute Gasteiger partial charge is 0.271 e. The fourth-order valence-electron chi connectivity index (χ4n) is 2.82. The number of carbonyl (C=O) groups is 1. The summed E-state index contributed by atoms with van der Waals surface area (Å²) >= 11 is 1.54. The van der Waals surface area contributed by atoms with Crippen LogP contribution in [-0.2, 0) is 4.79 Å². The van der Waals surface area contributed by atoms with E-state index in [9.17, 15) is 4.79 Å². The van der Waals surface area contributed by atoms with Crippen LogP contribution in [0.3, 0.4) is 0 Å². The summed E-state index contributed by atoms with van der Waals surface area (Å²) in [6.45, 7) is 7.99. The van der Waals surface area contributed by atoms with E-state index in [2.05, 4.69) is 42.8 Å². The van der Waals surface area contributed by atoms with E-state index >= 15 is 0 Å². The number of benzene rings is 2. The summed E-state index contributed by atoms with van der Waals surface area (Å²) in [7, 11) is 0. The molecule has 23 heavy (non-hydrogen) atoms. The standard InChI is InChI=1S/C20H19NOS/c1-4-17(15-12-10-14(2)11-13-15)20(3)19(22)21-18(23-20)16-8-6-5-7-9-16/h4-13,17H,1H2,2-3H3. The molecular weight excluding hydrogens is 302 g/mol. The zero-order valence-corrected chi connectivity index (χ0v) is 14.1. The first-order chi connectivity index (χ1) is 11.0. The summed E-state index contributed by atoms with van der Waals surface area (Å²) in [5.41, 5.74) is 3.29. The average molecular weight is 321 g/mol. The van der Waals surface area contributed by atoms with Gasteiger partial charge in [0.15, 0.2) is 0 Å². The number of aryl methyl sites for hydroxylation is 1. The highest BCUT2D eigenvalue weighted by Crippen LogP contribution is 2.46. The van der Waals surface area contributed by atoms with Crippen LogP contribution in [0.15, 0.2) is 72.2 Å². The molecule has 1 amide bonds. The second kappa shape index (κ2) is 6.17. The van der Waals surface area contributed by atoms with Crippen LogP contribution in [-0.4, -0.2) is 15.7 Å². The predicted octanol–water partition coefficient (Wildman–Crippen LogP) is 4.74. The van der Waals surface area contributed by atoms with E-state index in [-0.39, 0.29) is 11.8 Å². The number of aliphatic imine (C=N–C) groups is 1. The first-order valence-corrected chi connectivity index (χ1v) is 8.43. The Kier molecular flexibility index (Phi) is 4.22. The van der Waals surface area contributed by atoms with Crippen LogP contribution in [0, 0.1) is 6.92 Å². The van der Waals surface area contributed by atoms with E-state index in [0.717, 1.165) is 16.2 Å². The molecule has 0 fully saturated rings. The van der Waals surface area contributed by atoms with E-state index in [0.29, 0.717) is 0 Å². The molecule has 0 saturated carbocycles. The van der Waals surface area contributed by atoms with E-state index in [1.807, 2.05) is 43.3 Å². The number of amides is 1. The minimum Gasteiger partial charge on any atom is -0.271 e. The van der Waals surface area contributed by atoms with Gasteiger partial charge in [-0.3, -0.25) is 4.79 Å². The van der Waals surface area contributed by atoms with Crippen molar-refractivity contribution in [3.05, 3.63) is 83.9 Å². The fourth-order valence-corrected chi connectivity index (χ4v) is 4.10. The van der Waals surface area contributed by atoms with Gasteiger partial charge >= 0.3 is 0 Å². The Morgan fingerprint density at radius 1 is 1.13 bits per heavy atom. The van der Waals surface area contributed by atoms with Crippen LogP contribution >= 0.6 is 11.8 Å². The van der Waals surface area contributed by atoms with Gasteiger partial charge in [0.25, 0.3) is 5.91 Å². The number of allylic oxidation sites excluding steroid dienone is 1. The van der Waals surface area contributed by atoms with Crippen LogP contribution in [0.2, 0.25) is 0 Å². The third-order valence-corrected chi connectivity index (χ3v) is 5.60. The number of rotatable bonds is 4. The molecule has 2 nitrogen and oxygen atoms in total. The van der Waals surface area contributed by atoms with E-state index < -0.39 is 4.75 Å². The normalized spacial score (nSPS) is 21.8. The van der Waals surface area contributed by atoms with Crippen molar-refractivity contribution in [3.63, 3.8) is 0 Å². The highest BCUT2D eigenvalue weighted by molar-refractivity contribution is 8.16. The molecule has 1 aliphatic heterocycles. The molecule has 2 aromatic carbocycles. The van der Waals surface area contributed by atoms with Crippen LogP contribution in [0.1, 0.15) is 29.5 Å². The predicted molar refractivity (Wildman–Crippen MR) is 98.1 cm³/mol. The summed E-state index contributed by atoms with van der Waals surface area (Å²) in [6.07, 6.45) is 1.86. The van der Waals surface area contributed by atoms with Crippen molar-refractivity contribution < 1.29 is 4.79 Å². The summed E-state index contributed by atoms with van der Waals surface area (Å²) in [6, 6.07) is 18.1. The number of nitrogens with zero attached hydrogens (tertiary/aromatic N) is 1. The zero-order chi connectivity index (χ0) is 16.4. The molecule has 3 rings (SSSR count). The quantitative estimate of drug-likeness (QED) is 0.761. The van der Waals surface area contributed by atoms with Crippen molar-refractivity contribution in [2.75, 3.05) is 0 Å². The molecule has 0 aromatic heterocycles. The summed E-state index contributed by atoms with van der Waals surface area (Å²) in [5, 5.41) is 0.789. The number of hydrogen-bond donors (Lipinski definition) is 0. The highest BCUT2D eigenvalue weighted by atomic mass is 32.2. The van der Waals surface area contributed by atoms with Crippen LogP contribution < -0.4 is 0 Å². The Bertz CT molecular complexity index is 764. The Labute approximate surface area is 141 Å². The molecule has 1 aliphatic rings. The van der Waals surface area contributed by atoms with Gasteiger partial charge in [-0.25, -0.2) is 4.99 Å². The third-order valence-electron chi connectivity index (χ3n) is 4.22. The van der Waals surface area contributed by atoms with Crippen molar-refractivity contribution in [1.82, 2.24) is 0 Å². The van der Waals surface area contributed by atoms with Gasteiger partial charge in [-0.15, -0.1) is 6.58 Å². The van der Waals surface area contributed by atoms with E-state index in [1.54, 1.807) is 0 Å². The maximum Gasteiger partial charge on any atom is 0.264 e. The van der Waals surface area contributed by atoms with Crippen LogP contribution in [0.4, 0.5) is 0 Å². The molecule has 0 radical (unpaired) electrons. The fraction of sp³-hybridized carbons (Fsp3) is 0.200. The number of thioether (sulfide) groups is 1. The Hall–Kier alpha value is -2.13. The minimum absolute atomic E-state index is 0.0782. The molecule has 1 heterocycles. The lowest BCUT2D eigenvalue weighted by Gasteiger charge is -2.29. The van der Waals surface area contributed by atoms with Gasteiger partial charge in [0, 0.05) is 11.5 Å². The maximum atomic E-state index is 12.7. The summed E-state index contributed by atoms with van der Waals surface area (Å²) in [4.78, 5) is 17.0. The molecule has 2 unspecified atom stereocenters. The van der Waals surface area contributed by atoms with Crippen LogP contribution in [0.5, 0.6) is 0 Å². The minimum atomic E-state index is -0.651. The summed E-state index contributed by atoms with van der Waals surface area (Å²) in [5.74, 6) is -0.169. The van der Waals surface area contributed by atoms with Gasteiger partial charge in [0.2, 0.25) is 0 Å². The topological polar surface area (TPSA) is 29.4 Å². The zero-order valence-electron chi connectivity index (χ0n) is 13.3. The van der Waals surface area contributed by atoms with Crippen molar-refractivity contribution >= 4 is 22.7 Å². The Morgan fingerprint density at radius 2 is 1.78 bits per heavy atom. The van der Waals surface area contributed by atoms with Crippen molar-refractivity contribution in [1.29, 1.82) is 0 Å². The molecule has 0 N–H and O–H groups in total. The lowest BCUT2D eigenvalue weighted by Crippen LogP contribution is -2.34. The molecule has 0 aliphatic carbocycles. The lowest BCUT2D eigenvalue weighted by molar-refractivity contribution is -0.119. The molecule has 0 spiro atoms. The maximum absolute atomic E-state index is 12.7. The highest BCUT2D eigenvalue weighted by Gasteiger charge is 2.47. The molecule has 0 saturated heterocycles. The van der Waals surface area contributed by atoms with E-state index in [1.165, 1.54) is 17.3 Å². The number of hydrogen-bond acceptors (Lipinski definition) is 2. The van der Waals surface area contributed by atoms with Gasteiger partial charge in [-0.2, -0.15) is 0 Å². The Balaban J connectivity index is 1.94. The van der Waals surface area contributed by atoms with Gasteiger partial charge < -0.3 is 0 Å². The second-order valence-corrected chi connectivity index (χ2v) is 7.36. The van der Waals surface area contributed by atoms with Gasteiger partial charge in [-0.05, 0) is 19.4 Å². The molecule has 0 bridgehead atoms. The molecule has 2 aromatic rings. The molecule has 2 atom stereocenters. The van der Waals surface area contributed by atoms with E-state index in [4.69, 9.17) is 0 Å².